The Balaban J connectivity index is 0.000000409. The second kappa shape index (κ2) is 10.2. The molecule has 1 aliphatic heterocycles. The molecule has 1 heterocycles. The van der Waals surface area contributed by atoms with Crippen LogP contribution in [0.5, 0.6) is 0 Å². The Morgan fingerprint density at radius 3 is 2.00 bits per heavy atom. The lowest BCUT2D eigenvalue weighted by molar-refractivity contribution is -0.159. The second-order valence-electron chi connectivity index (χ2n) is 6.53. The molecule has 7 nitrogen and oxygen atoms in total. The van der Waals surface area contributed by atoms with Crippen molar-refractivity contribution in [1.29, 1.82) is 0 Å². The van der Waals surface area contributed by atoms with Crippen LogP contribution in [0.4, 0.5) is 0 Å². The highest BCUT2D eigenvalue weighted by molar-refractivity contribution is 6.27. The SMILES string of the molecule is Cc1cccc(CN2CCN(C(=O)c3ccccc3)CC2)c1.O=C(O)C(=O)O. The standard InChI is InChI=1S/C19H22N2O.C2H2O4/c1-16-6-5-7-17(14-16)15-20-10-12-21(13-11-20)19(22)18-8-3-2-4-9-18;3-1(4)2(5)6/h2-9,14H,10-13,15H2,1H3;(H,3,4)(H,5,6). The molecule has 0 bridgehead atoms. The van der Waals surface area contributed by atoms with Crippen molar-refractivity contribution in [3.63, 3.8) is 0 Å². The minimum atomic E-state index is -1.82. The van der Waals surface area contributed by atoms with E-state index in [2.05, 4.69) is 36.1 Å². The van der Waals surface area contributed by atoms with Gasteiger partial charge in [0.05, 0.1) is 0 Å². The number of amides is 1. The number of rotatable bonds is 3. The summed E-state index contributed by atoms with van der Waals surface area (Å²) in [5.74, 6) is -3.50. The molecular formula is C21H24N2O5. The molecule has 28 heavy (non-hydrogen) atoms. The van der Waals surface area contributed by atoms with Crippen LogP contribution in [0.3, 0.4) is 0 Å². The predicted molar refractivity (Wildman–Crippen MR) is 104 cm³/mol. The van der Waals surface area contributed by atoms with Crippen LogP contribution in [0.2, 0.25) is 0 Å². The molecule has 1 aliphatic rings. The summed E-state index contributed by atoms with van der Waals surface area (Å²) in [5, 5.41) is 14.8. The summed E-state index contributed by atoms with van der Waals surface area (Å²) in [7, 11) is 0. The van der Waals surface area contributed by atoms with Crippen molar-refractivity contribution in [2.45, 2.75) is 13.5 Å². The van der Waals surface area contributed by atoms with E-state index < -0.39 is 11.9 Å². The van der Waals surface area contributed by atoms with E-state index in [1.165, 1.54) is 11.1 Å². The third kappa shape index (κ3) is 6.51. The largest absolute Gasteiger partial charge is 0.473 e. The summed E-state index contributed by atoms with van der Waals surface area (Å²) < 4.78 is 0. The van der Waals surface area contributed by atoms with Gasteiger partial charge in [-0.15, -0.1) is 0 Å². The predicted octanol–water partition coefficient (Wildman–Crippen LogP) is 2.11. The Labute approximate surface area is 163 Å². The number of carboxylic acids is 2. The molecule has 2 aromatic rings. The average molecular weight is 384 g/mol. The van der Waals surface area contributed by atoms with E-state index in [9.17, 15) is 4.79 Å². The molecule has 2 aromatic carbocycles. The molecule has 2 N–H and O–H groups in total. The van der Waals surface area contributed by atoms with E-state index in [-0.39, 0.29) is 5.91 Å². The lowest BCUT2D eigenvalue weighted by atomic mass is 10.1. The van der Waals surface area contributed by atoms with Crippen LogP contribution >= 0.6 is 0 Å². The molecule has 1 saturated heterocycles. The number of carboxylic acid groups (broad SMARTS) is 2. The summed E-state index contributed by atoms with van der Waals surface area (Å²) >= 11 is 0. The quantitative estimate of drug-likeness (QED) is 0.787. The molecule has 148 valence electrons. The van der Waals surface area contributed by atoms with Crippen molar-refractivity contribution in [2.75, 3.05) is 26.2 Å². The summed E-state index contributed by atoms with van der Waals surface area (Å²) in [4.78, 5) is 35.0. The van der Waals surface area contributed by atoms with Crippen LogP contribution in [-0.2, 0) is 16.1 Å². The normalized spacial score (nSPS) is 14.0. The van der Waals surface area contributed by atoms with Crippen molar-refractivity contribution in [1.82, 2.24) is 9.80 Å². The van der Waals surface area contributed by atoms with Crippen LogP contribution in [0.25, 0.3) is 0 Å². The number of piperazine rings is 1. The lowest BCUT2D eigenvalue weighted by Crippen LogP contribution is -2.48. The smallest absolute Gasteiger partial charge is 0.414 e. The first-order valence-electron chi connectivity index (χ1n) is 8.95. The molecule has 1 amide bonds. The summed E-state index contributed by atoms with van der Waals surface area (Å²) in [6.45, 7) is 6.58. The number of carbonyl (C=O) groups is 3. The molecule has 0 saturated carbocycles. The first kappa shape index (κ1) is 21.1. The fourth-order valence-electron chi connectivity index (χ4n) is 2.94. The number of aryl methyl sites for hydroxylation is 1. The van der Waals surface area contributed by atoms with Crippen LogP contribution in [0, 0.1) is 6.92 Å². The van der Waals surface area contributed by atoms with E-state index >= 15 is 0 Å². The minimum absolute atomic E-state index is 0.149. The molecule has 0 atom stereocenters. The first-order chi connectivity index (χ1) is 13.4. The Hall–Kier alpha value is -3.19. The molecule has 0 aliphatic carbocycles. The Morgan fingerprint density at radius 1 is 0.857 bits per heavy atom. The van der Waals surface area contributed by atoms with Gasteiger partial charge in [0, 0.05) is 38.3 Å². The minimum Gasteiger partial charge on any atom is -0.473 e. The molecule has 3 rings (SSSR count). The van der Waals surface area contributed by atoms with Crippen LogP contribution in [0.15, 0.2) is 54.6 Å². The van der Waals surface area contributed by atoms with Crippen molar-refractivity contribution < 1.29 is 24.6 Å². The number of benzene rings is 2. The zero-order chi connectivity index (χ0) is 20.5. The van der Waals surface area contributed by atoms with Gasteiger partial charge >= 0.3 is 11.9 Å². The number of carbonyl (C=O) groups excluding carboxylic acids is 1. The molecule has 1 fully saturated rings. The first-order valence-corrected chi connectivity index (χ1v) is 8.95. The third-order valence-electron chi connectivity index (χ3n) is 4.35. The van der Waals surface area contributed by atoms with Crippen molar-refractivity contribution in [3.05, 3.63) is 71.3 Å². The number of hydrogen-bond donors (Lipinski definition) is 2. The maximum atomic E-state index is 12.4. The molecule has 0 unspecified atom stereocenters. The molecule has 0 spiro atoms. The topological polar surface area (TPSA) is 98.2 Å². The van der Waals surface area contributed by atoms with Gasteiger partial charge in [-0.25, -0.2) is 9.59 Å². The van der Waals surface area contributed by atoms with Crippen molar-refractivity contribution in [3.8, 4) is 0 Å². The highest BCUT2D eigenvalue weighted by Gasteiger charge is 2.21. The number of nitrogens with zero attached hydrogens (tertiary/aromatic N) is 2. The summed E-state index contributed by atoms with van der Waals surface area (Å²) in [6, 6.07) is 18.2. The van der Waals surface area contributed by atoms with E-state index in [4.69, 9.17) is 19.8 Å². The van der Waals surface area contributed by atoms with Crippen LogP contribution < -0.4 is 0 Å². The zero-order valence-electron chi connectivity index (χ0n) is 15.7. The van der Waals surface area contributed by atoms with E-state index in [1.54, 1.807) is 0 Å². The Bertz CT molecular complexity index is 803. The summed E-state index contributed by atoms with van der Waals surface area (Å²) in [6.07, 6.45) is 0. The van der Waals surface area contributed by atoms with Gasteiger partial charge in [0.1, 0.15) is 0 Å². The second-order valence-corrected chi connectivity index (χ2v) is 6.53. The molecule has 0 aromatic heterocycles. The highest BCUT2D eigenvalue weighted by Crippen LogP contribution is 2.12. The lowest BCUT2D eigenvalue weighted by Gasteiger charge is -2.34. The third-order valence-corrected chi connectivity index (χ3v) is 4.35. The molecule has 7 heteroatoms. The maximum absolute atomic E-state index is 12.4. The van der Waals surface area contributed by atoms with Gasteiger partial charge in [-0.3, -0.25) is 9.69 Å². The van der Waals surface area contributed by atoms with Gasteiger partial charge in [-0.2, -0.15) is 0 Å². The molecule has 0 radical (unpaired) electrons. The van der Waals surface area contributed by atoms with Gasteiger partial charge < -0.3 is 15.1 Å². The van der Waals surface area contributed by atoms with E-state index in [0.717, 1.165) is 38.3 Å². The summed E-state index contributed by atoms with van der Waals surface area (Å²) in [5.41, 5.74) is 3.44. The number of aliphatic carboxylic acids is 2. The monoisotopic (exact) mass is 384 g/mol. The van der Waals surface area contributed by atoms with Gasteiger partial charge in [0.25, 0.3) is 5.91 Å². The fourth-order valence-corrected chi connectivity index (χ4v) is 2.94. The highest BCUT2D eigenvalue weighted by atomic mass is 16.4. The number of hydrogen-bond acceptors (Lipinski definition) is 4. The van der Waals surface area contributed by atoms with E-state index in [1.807, 2.05) is 35.2 Å². The van der Waals surface area contributed by atoms with Crippen LogP contribution in [-0.4, -0.2) is 64.0 Å². The van der Waals surface area contributed by atoms with Crippen LogP contribution in [0.1, 0.15) is 21.5 Å². The Morgan fingerprint density at radius 2 is 1.46 bits per heavy atom. The zero-order valence-corrected chi connectivity index (χ0v) is 15.7. The van der Waals surface area contributed by atoms with Crippen molar-refractivity contribution in [2.24, 2.45) is 0 Å². The van der Waals surface area contributed by atoms with Gasteiger partial charge in [0.2, 0.25) is 0 Å². The maximum Gasteiger partial charge on any atom is 0.414 e. The van der Waals surface area contributed by atoms with Gasteiger partial charge in [-0.05, 0) is 24.6 Å². The van der Waals surface area contributed by atoms with Gasteiger partial charge in [-0.1, -0.05) is 48.0 Å². The van der Waals surface area contributed by atoms with E-state index in [0.29, 0.717) is 0 Å². The Kier molecular flexibility index (Phi) is 7.71. The molecular weight excluding hydrogens is 360 g/mol. The van der Waals surface area contributed by atoms with Crippen molar-refractivity contribution >= 4 is 17.8 Å². The fraction of sp³-hybridized carbons (Fsp3) is 0.286. The van der Waals surface area contributed by atoms with Gasteiger partial charge in [0.15, 0.2) is 0 Å². The average Bonchev–Trinajstić information content (AvgIpc) is 2.69.